The third-order valence-corrected chi connectivity index (χ3v) is 7.60. The van der Waals surface area contributed by atoms with E-state index in [2.05, 4.69) is 37.5 Å². The molecular weight excluding hydrogens is 268 g/mol. The highest BCUT2D eigenvalue weighted by molar-refractivity contribution is 5.06. The van der Waals surface area contributed by atoms with Crippen LogP contribution >= 0.6 is 0 Å². The highest BCUT2D eigenvalue weighted by Crippen LogP contribution is 2.50. The molecule has 4 aliphatic heterocycles. The maximum Gasteiger partial charge on any atom is 0.0133 e. The van der Waals surface area contributed by atoms with Gasteiger partial charge in [-0.3, -0.25) is 9.80 Å². The van der Waals surface area contributed by atoms with Crippen molar-refractivity contribution in [1.29, 1.82) is 0 Å². The predicted octanol–water partition coefficient (Wildman–Crippen LogP) is 4.29. The molecule has 0 aromatic carbocycles. The van der Waals surface area contributed by atoms with E-state index in [-0.39, 0.29) is 0 Å². The SMILES string of the molecule is CC(C)N1[C@@H]2CCC(C3CC[C@@H]4CC[C@H]3N4C(C)C)[C@H]1CC2. The van der Waals surface area contributed by atoms with Crippen molar-refractivity contribution in [3.05, 3.63) is 0 Å². The Bertz CT molecular complexity index is 367. The van der Waals surface area contributed by atoms with Crippen LogP contribution in [0, 0.1) is 11.8 Å². The fraction of sp³-hybridized carbons (Fsp3) is 1.00. The van der Waals surface area contributed by atoms with Gasteiger partial charge in [-0.2, -0.15) is 0 Å². The molecule has 4 saturated heterocycles. The molecule has 0 spiro atoms. The average molecular weight is 305 g/mol. The highest BCUT2D eigenvalue weighted by atomic mass is 15.3. The van der Waals surface area contributed by atoms with Crippen molar-refractivity contribution >= 4 is 0 Å². The van der Waals surface area contributed by atoms with Gasteiger partial charge < -0.3 is 0 Å². The first-order valence-corrected chi connectivity index (χ1v) is 10.1. The van der Waals surface area contributed by atoms with E-state index >= 15 is 0 Å². The molecule has 0 aromatic heterocycles. The summed E-state index contributed by atoms with van der Waals surface area (Å²) < 4.78 is 0. The fourth-order valence-electron chi connectivity index (χ4n) is 7.08. The standard InChI is InChI=1S/C20H36N2/c1-13(2)21-15-5-9-17(19(21)11-7-15)18-10-6-16-8-12-20(18)22(16)14(3)4/h13-20H,5-12H2,1-4H3/t15-,16-,17?,18?,19-,20-/m1/s1. The van der Waals surface area contributed by atoms with Gasteiger partial charge in [0.1, 0.15) is 0 Å². The fourth-order valence-corrected chi connectivity index (χ4v) is 7.08. The van der Waals surface area contributed by atoms with Gasteiger partial charge in [0.05, 0.1) is 0 Å². The van der Waals surface area contributed by atoms with Crippen LogP contribution in [0.1, 0.15) is 79.1 Å². The summed E-state index contributed by atoms with van der Waals surface area (Å²) in [5, 5.41) is 0. The maximum absolute atomic E-state index is 2.93. The lowest BCUT2D eigenvalue weighted by molar-refractivity contribution is -0.0212. The normalized spacial score (nSPS) is 46.1. The summed E-state index contributed by atoms with van der Waals surface area (Å²) in [6, 6.07) is 5.16. The number of rotatable bonds is 3. The Labute approximate surface area is 137 Å². The smallest absolute Gasteiger partial charge is 0.0133 e. The van der Waals surface area contributed by atoms with E-state index in [9.17, 15) is 0 Å². The molecule has 126 valence electrons. The second kappa shape index (κ2) is 5.77. The van der Waals surface area contributed by atoms with E-state index in [1.807, 2.05) is 0 Å². The van der Waals surface area contributed by atoms with Crippen molar-refractivity contribution in [3.63, 3.8) is 0 Å². The number of hydrogen-bond acceptors (Lipinski definition) is 2. The van der Waals surface area contributed by atoms with Crippen LogP contribution < -0.4 is 0 Å². The lowest BCUT2D eigenvalue weighted by Crippen LogP contribution is -2.56. The van der Waals surface area contributed by atoms with Crippen LogP contribution in [0.25, 0.3) is 0 Å². The van der Waals surface area contributed by atoms with Gasteiger partial charge >= 0.3 is 0 Å². The predicted molar refractivity (Wildman–Crippen MR) is 93.0 cm³/mol. The first-order chi connectivity index (χ1) is 10.6. The molecule has 0 aliphatic carbocycles. The van der Waals surface area contributed by atoms with Crippen LogP contribution in [-0.2, 0) is 0 Å². The van der Waals surface area contributed by atoms with Gasteiger partial charge in [-0.25, -0.2) is 0 Å². The van der Waals surface area contributed by atoms with E-state index in [0.717, 1.165) is 48.1 Å². The molecule has 4 heterocycles. The topological polar surface area (TPSA) is 6.48 Å². The summed E-state index contributed by atoms with van der Waals surface area (Å²) in [5.41, 5.74) is 0. The Morgan fingerprint density at radius 2 is 0.909 bits per heavy atom. The molecule has 4 aliphatic rings. The van der Waals surface area contributed by atoms with Crippen molar-refractivity contribution in [2.45, 2.75) is 115 Å². The lowest BCUT2D eigenvalue weighted by atomic mass is 9.72. The van der Waals surface area contributed by atoms with Gasteiger partial charge in [-0.15, -0.1) is 0 Å². The van der Waals surface area contributed by atoms with Gasteiger partial charge in [-0.05, 0) is 90.9 Å². The molecule has 22 heavy (non-hydrogen) atoms. The summed E-state index contributed by atoms with van der Waals surface area (Å²) in [7, 11) is 0. The van der Waals surface area contributed by atoms with E-state index in [4.69, 9.17) is 0 Å². The minimum atomic E-state index is 0.751. The summed E-state index contributed by atoms with van der Waals surface area (Å²) in [4.78, 5) is 5.85. The Hall–Kier alpha value is -0.0800. The monoisotopic (exact) mass is 304 g/mol. The summed E-state index contributed by atoms with van der Waals surface area (Å²) in [6.07, 6.45) is 11.9. The summed E-state index contributed by atoms with van der Waals surface area (Å²) in [5.74, 6) is 1.98. The molecule has 4 rings (SSSR count). The van der Waals surface area contributed by atoms with Crippen LogP contribution in [0.3, 0.4) is 0 Å². The van der Waals surface area contributed by atoms with Gasteiger partial charge in [0.25, 0.3) is 0 Å². The second-order valence-corrected chi connectivity index (χ2v) is 9.16. The van der Waals surface area contributed by atoms with Gasteiger partial charge in [0.2, 0.25) is 0 Å². The molecule has 2 unspecified atom stereocenters. The van der Waals surface area contributed by atoms with Gasteiger partial charge in [-0.1, -0.05) is 0 Å². The molecular formula is C20H36N2. The molecule has 4 bridgehead atoms. The van der Waals surface area contributed by atoms with Crippen molar-refractivity contribution in [2.75, 3.05) is 0 Å². The third kappa shape index (κ3) is 2.28. The average Bonchev–Trinajstić information content (AvgIpc) is 2.95. The number of nitrogens with zero attached hydrogens (tertiary/aromatic N) is 2. The zero-order valence-electron chi connectivity index (χ0n) is 15.2. The molecule has 4 fully saturated rings. The van der Waals surface area contributed by atoms with Crippen LogP contribution in [0.2, 0.25) is 0 Å². The zero-order valence-corrected chi connectivity index (χ0v) is 15.2. The minimum Gasteiger partial charge on any atom is -0.295 e. The van der Waals surface area contributed by atoms with Crippen molar-refractivity contribution < 1.29 is 0 Å². The Balaban J connectivity index is 1.56. The third-order valence-electron chi connectivity index (χ3n) is 7.60. The summed E-state index contributed by atoms with van der Waals surface area (Å²) in [6.45, 7) is 9.72. The van der Waals surface area contributed by atoms with Gasteiger partial charge in [0, 0.05) is 36.3 Å². The molecule has 0 amide bonds. The molecule has 0 aromatic rings. The minimum absolute atomic E-state index is 0.751. The molecule has 6 atom stereocenters. The molecule has 2 nitrogen and oxygen atoms in total. The largest absolute Gasteiger partial charge is 0.295 e. The quantitative estimate of drug-likeness (QED) is 0.767. The van der Waals surface area contributed by atoms with Crippen LogP contribution in [-0.4, -0.2) is 46.1 Å². The Morgan fingerprint density at radius 3 is 1.27 bits per heavy atom. The molecule has 2 heteroatoms. The molecule has 0 radical (unpaired) electrons. The Morgan fingerprint density at radius 1 is 0.545 bits per heavy atom. The lowest BCUT2D eigenvalue weighted by Gasteiger charge is -2.51. The summed E-state index contributed by atoms with van der Waals surface area (Å²) >= 11 is 0. The Kier molecular flexibility index (Phi) is 4.05. The van der Waals surface area contributed by atoms with E-state index in [1.165, 1.54) is 51.4 Å². The van der Waals surface area contributed by atoms with Crippen molar-refractivity contribution in [2.24, 2.45) is 11.8 Å². The van der Waals surface area contributed by atoms with Crippen molar-refractivity contribution in [1.82, 2.24) is 9.80 Å². The first kappa shape index (κ1) is 15.4. The maximum atomic E-state index is 2.93. The van der Waals surface area contributed by atoms with E-state index in [0.29, 0.717) is 0 Å². The molecule has 0 N–H and O–H groups in total. The van der Waals surface area contributed by atoms with Crippen LogP contribution in [0.5, 0.6) is 0 Å². The van der Waals surface area contributed by atoms with Crippen molar-refractivity contribution in [3.8, 4) is 0 Å². The van der Waals surface area contributed by atoms with E-state index in [1.54, 1.807) is 0 Å². The van der Waals surface area contributed by atoms with Crippen LogP contribution in [0.4, 0.5) is 0 Å². The number of hydrogen-bond donors (Lipinski definition) is 0. The van der Waals surface area contributed by atoms with E-state index < -0.39 is 0 Å². The highest BCUT2D eigenvalue weighted by Gasteiger charge is 2.51. The first-order valence-electron chi connectivity index (χ1n) is 10.1. The second-order valence-electron chi connectivity index (χ2n) is 9.16. The molecule has 0 saturated carbocycles. The number of piperidine rings is 2. The zero-order chi connectivity index (χ0) is 15.4. The van der Waals surface area contributed by atoms with Gasteiger partial charge in [0.15, 0.2) is 0 Å². The van der Waals surface area contributed by atoms with Crippen LogP contribution in [0.15, 0.2) is 0 Å². The number of fused-ring (bicyclic) bond motifs is 4.